The second-order valence-electron chi connectivity index (χ2n) is 11.7. The Morgan fingerprint density at radius 3 is 1.96 bits per heavy atom. The summed E-state index contributed by atoms with van der Waals surface area (Å²) in [5.74, 6) is 0.917. The molecule has 1 aliphatic rings. The maximum atomic E-state index is 5.36. The third-order valence-electron chi connectivity index (χ3n) is 8.85. The number of para-hydroxylation sites is 1. The minimum Gasteiger partial charge on any atom is -0.359 e. The number of hydrogen-bond acceptors (Lipinski definition) is 3. The average molecular weight is 608 g/mol. The number of nitrogens with one attached hydrogen (secondary N) is 1. The number of nitrogens with zero attached hydrogens (tertiary/aromatic N) is 2. The third kappa shape index (κ3) is 4.54. The molecule has 2 aromatic heterocycles. The summed E-state index contributed by atoms with van der Waals surface area (Å²) in [5.41, 5.74) is 9.28. The molecule has 218 valence electrons. The first-order valence-electron chi connectivity index (χ1n) is 15.6. The zero-order chi connectivity index (χ0) is 30.5. The summed E-state index contributed by atoms with van der Waals surface area (Å²) in [6.45, 7) is 0. The molecule has 1 aliphatic heterocycles. The van der Waals surface area contributed by atoms with Crippen molar-refractivity contribution < 1.29 is 0 Å². The highest BCUT2D eigenvalue weighted by Crippen LogP contribution is 2.42. The van der Waals surface area contributed by atoms with Crippen molar-refractivity contribution in [2.45, 2.75) is 6.17 Å². The van der Waals surface area contributed by atoms with Crippen LogP contribution in [0.3, 0.4) is 0 Å². The highest BCUT2D eigenvalue weighted by atomic mass is 32.1. The van der Waals surface area contributed by atoms with Crippen LogP contribution >= 0.6 is 11.3 Å². The summed E-state index contributed by atoms with van der Waals surface area (Å²) < 4.78 is 3.65. The molecule has 0 radical (unpaired) electrons. The molecule has 1 atom stereocenters. The van der Waals surface area contributed by atoms with Crippen LogP contribution in [0.2, 0.25) is 0 Å². The highest BCUT2D eigenvalue weighted by Gasteiger charge is 2.23. The van der Waals surface area contributed by atoms with E-state index in [0.29, 0.717) is 0 Å². The quantitative estimate of drug-likeness (QED) is 0.212. The second kappa shape index (κ2) is 11.0. The van der Waals surface area contributed by atoms with Crippen molar-refractivity contribution in [3.8, 4) is 21.6 Å². The van der Waals surface area contributed by atoms with Gasteiger partial charge in [0, 0.05) is 32.1 Å². The summed E-state index contributed by atoms with van der Waals surface area (Å²) in [5, 5.41) is 7.53. The number of allylic oxidation sites excluding steroid dienone is 1. The number of aromatic nitrogens is 1. The van der Waals surface area contributed by atoms with Gasteiger partial charge in [0.05, 0.1) is 11.0 Å². The third-order valence-corrected chi connectivity index (χ3v) is 10.1. The van der Waals surface area contributed by atoms with Crippen molar-refractivity contribution >= 4 is 54.8 Å². The van der Waals surface area contributed by atoms with Gasteiger partial charge in [-0.05, 0) is 51.4 Å². The van der Waals surface area contributed by atoms with E-state index in [0.717, 1.165) is 33.7 Å². The van der Waals surface area contributed by atoms with Crippen LogP contribution in [0.25, 0.3) is 59.2 Å². The first-order chi connectivity index (χ1) is 22.8. The molecule has 0 fully saturated rings. The maximum Gasteiger partial charge on any atom is 0.147 e. The number of thiophene rings is 1. The molecule has 3 heterocycles. The molecule has 1 N–H and O–H groups in total. The predicted molar refractivity (Wildman–Crippen MR) is 195 cm³/mol. The van der Waals surface area contributed by atoms with E-state index in [1.54, 1.807) is 0 Å². The largest absolute Gasteiger partial charge is 0.359 e. The molecular weight excluding hydrogens is 579 g/mol. The molecule has 0 aliphatic carbocycles. The molecule has 1 unspecified atom stereocenters. The number of hydrogen-bond donors (Lipinski definition) is 1. The molecule has 0 saturated heterocycles. The van der Waals surface area contributed by atoms with Crippen LogP contribution < -0.4 is 5.32 Å². The van der Waals surface area contributed by atoms with Crippen molar-refractivity contribution in [3.63, 3.8) is 0 Å². The lowest BCUT2D eigenvalue weighted by Gasteiger charge is -2.25. The Balaban J connectivity index is 1.23. The first kappa shape index (κ1) is 26.7. The fourth-order valence-electron chi connectivity index (χ4n) is 6.62. The topological polar surface area (TPSA) is 29.3 Å². The normalized spacial score (nSPS) is 14.7. The van der Waals surface area contributed by atoms with Crippen LogP contribution in [0.4, 0.5) is 0 Å². The second-order valence-corrected chi connectivity index (χ2v) is 12.7. The minimum atomic E-state index is -0.226. The van der Waals surface area contributed by atoms with Crippen LogP contribution in [0, 0.1) is 0 Å². The fourth-order valence-corrected chi connectivity index (χ4v) is 7.84. The van der Waals surface area contributed by atoms with Gasteiger partial charge in [0.15, 0.2) is 0 Å². The van der Waals surface area contributed by atoms with Gasteiger partial charge in [-0.25, -0.2) is 4.99 Å². The fraction of sp³-hybridized carbons (Fsp3) is 0.0238. The number of rotatable bonds is 4. The Labute approximate surface area is 271 Å². The minimum absolute atomic E-state index is 0.226. The van der Waals surface area contributed by atoms with E-state index in [1.807, 2.05) is 11.3 Å². The predicted octanol–water partition coefficient (Wildman–Crippen LogP) is 10.9. The van der Waals surface area contributed by atoms with Gasteiger partial charge in [-0.3, -0.25) is 4.57 Å². The Kier molecular flexibility index (Phi) is 6.39. The molecule has 9 rings (SSSR count). The molecule has 46 heavy (non-hydrogen) atoms. The van der Waals surface area contributed by atoms with E-state index in [-0.39, 0.29) is 6.17 Å². The molecule has 0 saturated carbocycles. The van der Waals surface area contributed by atoms with E-state index < -0.39 is 0 Å². The van der Waals surface area contributed by atoms with Gasteiger partial charge in [0.1, 0.15) is 12.0 Å². The average Bonchev–Trinajstić information content (AvgIpc) is 3.72. The van der Waals surface area contributed by atoms with Crippen LogP contribution in [0.1, 0.15) is 17.3 Å². The summed E-state index contributed by atoms with van der Waals surface area (Å²) in [4.78, 5) is 6.65. The van der Waals surface area contributed by atoms with E-state index >= 15 is 0 Å². The molecule has 3 nitrogen and oxygen atoms in total. The lowest BCUT2D eigenvalue weighted by atomic mass is 10.0. The van der Waals surface area contributed by atoms with E-state index in [1.165, 1.54) is 42.4 Å². The van der Waals surface area contributed by atoms with Gasteiger partial charge >= 0.3 is 0 Å². The van der Waals surface area contributed by atoms with Gasteiger partial charge in [0.25, 0.3) is 0 Å². The molecule has 4 heteroatoms. The highest BCUT2D eigenvalue weighted by molar-refractivity contribution is 7.23. The van der Waals surface area contributed by atoms with Crippen molar-refractivity contribution in [1.29, 1.82) is 0 Å². The van der Waals surface area contributed by atoms with E-state index in [2.05, 4.69) is 174 Å². The Bertz CT molecular complexity index is 2420. The van der Waals surface area contributed by atoms with Gasteiger partial charge in [-0.2, -0.15) is 0 Å². The zero-order valence-electron chi connectivity index (χ0n) is 25.0. The van der Waals surface area contributed by atoms with Crippen molar-refractivity contribution in [3.05, 3.63) is 175 Å². The number of benzene rings is 6. The van der Waals surface area contributed by atoms with Gasteiger partial charge in [-0.15, -0.1) is 11.3 Å². The van der Waals surface area contributed by atoms with Gasteiger partial charge in [-0.1, -0.05) is 140 Å². The van der Waals surface area contributed by atoms with Crippen LogP contribution in [0.5, 0.6) is 0 Å². The number of aliphatic imine (C=N–C) groups is 1. The van der Waals surface area contributed by atoms with Gasteiger partial charge < -0.3 is 5.32 Å². The van der Waals surface area contributed by atoms with E-state index in [9.17, 15) is 0 Å². The van der Waals surface area contributed by atoms with Gasteiger partial charge in [0.2, 0.25) is 0 Å². The van der Waals surface area contributed by atoms with Crippen LogP contribution in [-0.4, -0.2) is 10.4 Å². The SMILES string of the molecule is C1=C(c2ccc(-c3ccccc3)cc2)NC(c2ccccc2)N=C1n1c2ccccc2c2c3sc(-c4ccccc4)cc3ccc21. The lowest BCUT2D eigenvalue weighted by molar-refractivity contribution is 0.660. The van der Waals surface area contributed by atoms with Crippen molar-refractivity contribution in [2.24, 2.45) is 4.99 Å². The Morgan fingerprint density at radius 1 is 0.565 bits per heavy atom. The van der Waals surface area contributed by atoms with Crippen molar-refractivity contribution in [2.75, 3.05) is 0 Å². The summed E-state index contributed by atoms with van der Waals surface area (Å²) >= 11 is 1.87. The smallest absolute Gasteiger partial charge is 0.147 e. The Morgan fingerprint density at radius 2 is 1.20 bits per heavy atom. The summed E-state index contributed by atoms with van der Waals surface area (Å²) in [7, 11) is 0. The molecular formula is C42H29N3S. The van der Waals surface area contributed by atoms with Crippen molar-refractivity contribution in [1.82, 2.24) is 9.88 Å². The molecule has 6 aromatic carbocycles. The zero-order valence-corrected chi connectivity index (χ0v) is 25.8. The van der Waals surface area contributed by atoms with E-state index in [4.69, 9.17) is 4.99 Å². The standard InChI is InChI=1S/C42H29N3S/c1-4-12-28(13-5-1)29-20-22-30(23-21-29)35-27-39(44-42(43-35)32-16-8-3-9-17-32)45-36-19-11-10-18-34(36)40-37(45)25-24-33-26-38(46-41(33)40)31-14-6-2-7-15-31/h1-27,42-43H. The molecule has 0 amide bonds. The summed E-state index contributed by atoms with van der Waals surface area (Å²) in [6.07, 6.45) is 1.98. The number of fused-ring (bicyclic) bond motifs is 5. The molecule has 8 aromatic rings. The van der Waals surface area contributed by atoms with Crippen LogP contribution in [0.15, 0.2) is 169 Å². The summed E-state index contributed by atoms with van der Waals surface area (Å²) in [6, 6.07) is 56.1. The Hall–Kier alpha value is -5.71. The monoisotopic (exact) mass is 607 g/mol. The van der Waals surface area contributed by atoms with Crippen LogP contribution in [-0.2, 0) is 0 Å². The first-order valence-corrected chi connectivity index (χ1v) is 16.4. The maximum absolute atomic E-state index is 5.36. The molecule has 0 bridgehead atoms. The lowest BCUT2D eigenvalue weighted by Crippen LogP contribution is -2.27. The molecule has 0 spiro atoms.